The van der Waals surface area contributed by atoms with Crippen molar-refractivity contribution in [2.75, 3.05) is 32.6 Å². The maximum atomic E-state index is 11.6. The van der Waals surface area contributed by atoms with Crippen molar-refractivity contribution in [2.24, 2.45) is 0 Å². The van der Waals surface area contributed by atoms with E-state index < -0.39 is 4.92 Å². The summed E-state index contributed by atoms with van der Waals surface area (Å²) in [7, 11) is 3.18. The third-order valence-electron chi connectivity index (χ3n) is 3.02. The summed E-state index contributed by atoms with van der Waals surface area (Å²) in [5, 5.41) is 16.5. The van der Waals surface area contributed by atoms with Crippen molar-refractivity contribution < 1.29 is 14.5 Å². The number of hydrogen-bond acceptors (Lipinski definition) is 5. The first-order valence-electron chi connectivity index (χ1n) is 6.83. The summed E-state index contributed by atoms with van der Waals surface area (Å²) >= 11 is 0. The summed E-state index contributed by atoms with van der Waals surface area (Å²) in [6.45, 7) is 1.33. The number of rotatable bonds is 9. The molecule has 116 valence electrons. The molecule has 0 aliphatic heterocycles. The second kappa shape index (κ2) is 8.91. The van der Waals surface area contributed by atoms with E-state index in [2.05, 4.69) is 10.6 Å². The van der Waals surface area contributed by atoms with Gasteiger partial charge in [0.05, 0.1) is 4.92 Å². The van der Waals surface area contributed by atoms with Crippen LogP contribution in [0.4, 0.5) is 11.4 Å². The molecule has 21 heavy (non-hydrogen) atoms. The zero-order valence-corrected chi connectivity index (χ0v) is 12.3. The molecule has 1 aromatic carbocycles. The molecular formula is C14H21N3O4. The number of methoxy groups -OCH3 is 1. The second-order valence-corrected chi connectivity index (χ2v) is 4.55. The Hall–Kier alpha value is -2.15. The number of anilines is 1. The number of nitrogens with one attached hydrogen (secondary N) is 2. The summed E-state index contributed by atoms with van der Waals surface area (Å²) in [6.07, 6.45) is 2.81. The number of benzene rings is 1. The number of carbonyl (C=O) groups excluding carboxylic acids is 1. The molecule has 0 fully saturated rings. The van der Waals surface area contributed by atoms with Gasteiger partial charge in [-0.05, 0) is 31.4 Å². The van der Waals surface area contributed by atoms with E-state index in [1.807, 2.05) is 0 Å². The van der Waals surface area contributed by atoms with Crippen molar-refractivity contribution in [3.05, 3.63) is 33.9 Å². The second-order valence-electron chi connectivity index (χ2n) is 4.55. The number of nitro groups is 1. The number of ether oxygens (including phenoxy) is 1. The number of hydrogen-bond donors (Lipinski definition) is 2. The highest BCUT2D eigenvalue weighted by Gasteiger charge is 2.15. The minimum absolute atomic E-state index is 0.0282. The third-order valence-corrected chi connectivity index (χ3v) is 3.02. The van der Waals surface area contributed by atoms with Gasteiger partial charge >= 0.3 is 0 Å². The lowest BCUT2D eigenvalue weighted by atomic mass is 10.1. The highest BCUT2D eigenvalue weighted by Crippen LogP contribution is 2.25. The molecule has 0 aliphatic rings. The molecule has 0 bridgehead atoms. The highest BCUT2D eigenvalue weighted by molar-refractivity contribution is 5.95. The molecular weight excluding hydrogens is 274 g/mol. The van der Waals surface area contributed by atoms with E-state index in [9.17, 15) is 14.9 Å². The molecule has 0 unspecified atom stereocenters. The van der Waals surface area contributed by atoms with Crippen LogP contribution in [0.5, 0.6) is 0 Å². The van der Waals surface area contributed by atoms with Crippen LogP contribution >= 0.6 is 0 Å². The Kier molecular flexibility index (Phi) is 7.17. The SMILES string of the molecule is CNC(=O)c1ccc([N+](=O)[O-])c(NCCCCCOC)c1. The Morgan fingerprint density at radius 1 is 1.33 bits per heavy atom. The van der Waals surface area contributed by atoms with Gasteiger partial charge in [0, 0.05) is 38.9 Å². The van der Waals surface area contributed by atoms with E-state index in [0.29, 0.717) is 24.4 Å². The van der Waals surface area contributed by atoms with Crippen LogP contribution in [0.3, 0.4) is 0 Å². The van der Waals surface area contributed by atoms with Crippen LogP contribution in [0.1, 0.15) is 29.6 Å². The number of nitrogens with zero attached hydrogens (tertiary/aromatic N) is 1. The van der Waals surface area contributed by atoms with E-state index in [4.69, 9.17) is 4.74 Å². The van der Waals surface area contributed by atoms with Gasteiger partial charge in [-0.3, -0.25) is 14.9 Å². The summed E-state index contributed by atoms with van der Waals surface area (Å²) in [6, 6.07) is 4.30. The quantitative estimate of drug-likeness (QED) is 0.414. The van der Waals surface area contributed by atoms with E-state index in [0.717, 1.165) is 19.3 Å². The Balaban J connectivity index is 2.68. The molecule has 1 aromatic rings. The molecule has 0 saturated heterocycles. The van der Waals surface area contributed by atoms with Crippen molar-refractivity contribution in [3.8, 4) is 0 Å². The predicted molar refractivity (Wildman–Crippen MR) is 80.7 cm³/mol. The molecule has 0 spiro atoms. The number of amides is 1. The summed E-state index contributed by atoms with van der Waals surface area (Å²) in [5.41, 5.74) is 0.734. The van der Waals surface area contributed by atoms with Crippen LogP contribution < -0.4 is 10.6 Å². The number of unbranched alkanes of at least 4 members (excludes halogenated alkanes) is 2. The lowest BCUT2D eigenvalue weighted by Crippen LogP contribution is -2.18. The summed E-state index contributed by atoms with van der Waals surface area (Å²) < 4.78 is 4.96. The first-order chi connectivity index (χ1) is 10.1. The van der Waals surface area contributed by atoms with E-state index >= 15 is 0 Å². The van der Waals surface area contributed by atoms with Crippen LogP contribution in [0.15, 0.2) is 18.2 Å². The lowest BCUT2D eigenvalue weighted by Gasteiger charge is -2.09. The maximum absolute atomic E-state index is 11.6. The van der Waals surface area contributed by atoms with Crippen molar-refractivity contribution in [1.29, 1.82) is 0 Å². The first-order valence-corrected chi connectivity index (χ1v) is 6.83. The zero-order chi connectivity index (χ0) is 15.7. The van der Waals surface area contributed by atoms with Gasteiger partial charge in [0.2, 0.25) is 0 Å². The largest absolute Gasteiger partial charge is 0.385 e. The van der Waals surface area contributed by atoms with Gasteiger partial charge in [-0.25, -0.2) is 0 Å². The van der Waals surface area contributed by atoms with Crippen molar-refractivity contribution in [1.82, 2.24) is 5.32 Å². The van der Waals surface area contributed by atoms with Gasteiger partial charge in [0.15, 0.2) is 0 Å². The molecule has 0 saturated carbocycles. The molecule has 0 atom stereocenters. The Morgan fingerprint density at radius 3 is 2.71 bits per heavy atom. The maximum Gasteiger partial charge on any atom is 0.292 e. The van der Waals surface area contributed by atoms with Crippen LogP contribution in [-0.4, -0.2) is 38.1 Å². The molecule has 7 heteroatoms. The molecule has 0 aromatic heterocycles. The minimum atomic E-state index is -0.457. The average molecular weight is 295 g/mol. The van der Waals surface area contributed by atoms with Crippen LogP contribution in [-0.2, 0) is 4.74 Å². The topological polar surface area (TPSA) is 93.5 Å². The minimum Gasteiger partial charge on any atom is -0.385 e. The normalized spacial score (nSPS) is 10.2. The Morgan fingerprint density at radius 2 is 2.10 bits per heavy atom. The monoisotopic (exact) mass is 295 g/mol. The van der Waals surface area contributed by atoms with E-state index in [-0.39, 0.29) is 11.6 Å². The van der Waals surface area contributed by atoms with Crippen LogP contribution in [0, 0.1) is 10.1 Å². The first kappa shape index (κ1) is 16.9. The molecule has 0 radical (unpaired) electrons. The molecule has 1 amide bonds. The van der Waals surface area contributed by atoms with Gasteiger partial charge in [0.1, 0.15) is 5.69 Å². The van der Waals surface area contributed by atoms with Crippen molar-refractivity contribution >= 4 is 17.3 Å². The number of nitro benzene ring substituents is 1. The van der Waals surface area contributed by atoms with Crippen LogP contribution in [0.2, 0.25) is 0 Å². The van der Waals surface area contributed by atoms with Gasteiger partial charge in [-0.1, -0.05) is 0 Å². The molecule has 0 aliphatic carbocycles. The van der Waals surface area contributed by atoms with Crippen LogP contribution in [0.25, 0.3) is 0 Å². The fourth-order valence-corrected chi connectivity index (χ4v) is 1.89. The molecule has 1 rings (SSSR count). The molecule has 0 heterocycles. The number of carbonyl (C=O) groups is 1. The molecule has 7 nitrogen and oxygen atoms in total. The fraction of sp³-hybridized carbons (Fsp3) is 0.500. The van der Waals surface area contributed by atoms with Crippen molar-refractivity contribution in [3.63, 3.8) is 0 Å². The summed E-state index contributed by atoms with van der Waals surface area (Å²) in [5.74, 6) is -0.270. The van der Waals surface area contributed by atoms with Gasteiger partial charge in [-0.15, -0.1) is 0 Å². The van der Waals surface area contributed by atoms with Gasteiger partial charge < -0.3 is 15.4 Å². The lowest BCUT2D eigenvalue weighted by molar-refractivity contribution is -0.384. The van der Waals surface area contributed by atoms with Gasteiger partial charge in [-0.2, -0.15) is 0 Å². The Labute approximate surface area is 123 Å². The fourth-order valence-electron chi connectivity index (χ4n) is 1.89. The zero-order valence-electron chi connectivity index (χ0n) is 12.3. The summed E-state index contributed by atoms with van der Waals surface area (Å²) in [4.78, 5) is 22.1. The van der Waals surface area contributed by atoms with E-state index in [1.54, 1.807) is 7.11 Å². The Bertz CT molecular complexity index is 491. The average Bonchev–Trinajstić information content (AvgIpc) is 2.49. The smallest absolute Gasteiger partial charge is 0.292 e. The standard InChI is InChI=1S/C14H21N3O4/c1-15-14(18)11-6-7-13(17(19)20)12(10-11)16-8-4-3-5-9-21-2/h6-7,10,16H,3-5,8-9H2,1-2H3,(H,15,18). The third kappa shape index (κ3) is 5.39. The molecule has 2 N–H and O–H groups in total. The van der Waals surface area contributed by atoms with Crippen molar-refractivity contribution in [2.45, 2.75) is 19.3 Å². The highest BCUT2D eigenvalue weighted by atomic mass is 16.6. The van der Waals surface area contributed by atoms with E-state index in [1.165, 1.54) is 25.2 Å². The van der Waals surface area contributed by atoms with Gasteiger partial charge in [0.25, 0.3) is 11.6 Å². The predicted octanol–water partition coefficient (Wildman–Crippen LogP) is 2.18.